The Morgan fingerprint density at radius 2 is 0.895 bits per heavy atom. The largest absolute Gasteiger partial charge is 0.396 e. The number of rotatable bonds is 15. The Morgan fingerprint density at radius 1 is 0.579 bits per heavy atom. The van der Waals surface area contributed by atoms with Gasteiger partial charge in [0.15, 0.2) is 0 Å². The van der Waals surface area contributed by atoms with Crippen molar-refractivity contribution < 1.29 is 10.2 Å². The second-order valence-electron chi connectivity index (χ2n) is 5.96. The summed E-state index contributed by atoms with van der Waals surface area (Å²) in [4.78, 5) is 0. The summed E-state index contributed by atoms with van der Waals surface area (Å²) in [6.45, 7) is 2.24. The van der Waals surface area contributed by atoms with Gasteiger partial charge in [0, 0.05) is 6.61 Å². The summed E-state index contributed by atoms with van der Waals surface area (Å²) in [5.41, 5.74) is 0. The van der Waals surface area contributed by atoms with Crippen LogP contribution in [0, 0.1) is 0 Å². The van der Waals surface area contributed by atoms with Gasteiger partial charge in [-0.2, -0.15) is 0 Å². The van der Waals surface area contributed by atoms with Crippen LogP contribution in [0.25, 0.3) is 0 Å². The second kappa shape index (κ2) is 16.0. The van der Waals surface area contributed by atoms with E-state index in [0.29, 0.717) is 6.61 Å². The summed E-state index contributed by atoms with van der Waals surface area (Å²) in [6, 6.07) is 0. The molecule has 0 amide bonds. The SMILES string of the molecule is CC(O)CCCCCCCCCCCCCCCO. The van der Waals surface area contributed by atoms with E-state index in [9.17, 15) is 0 Å². The van der Waals surface area contributed by atoms with Gasteiger partial charge < -0.3 is 10.2 Å². The van der Waals surface area contributed by atoms with E-state index in [2.05, 4.69) is 0 Å². The van der Waals surface area contributed by atoms with Crippen LogP contribution in [0.15, 0.2) is 0 Å². The van der Waals surface area contributed by atoms with Gasteiger partial charge in [0.1, 0.15) is 0 Å². The van der Waals surface area contributed by atoms with Crippen LogP contribution in [0.2, 0.25) is 0 Å². The van der Waals surface area contributed by atoms with Crippen LogP contribution in [0.3, 0.4) is 0 Å². The molecule has 1 unspecified atom stereocenters. The van der Waals surface area contributed by atoms with Crippen molar-refractivity contribution in [3.8, 4) is 0 Å². The van der Waals surface area contributed by atoms with E-state index in [1.54, 1.807) is 0 Å². The van der Waals surface area contributed by atoms with Crippen molar-refractivity contribution in [2.45, 2.75) is 103 Å². The highest BCUT2D eigenvalue weighted by Crippen LogP contribution is 2.13. The van der Waals surface area contributed by atoms with Gasteiger partial charge in [-0.3, -0.25) is 0 Å². The van der Waals surface area contributed by atoms with E-state index in [0.717, 1.165) is 12.8 Å². The topological polar surface area (TPSA) is 40.5 Å². The standard InChI is InChI=1S/C17H36O2/c1-17(19)15-13-11-9-7-5-3-2-4-6-8-10-12-14-16-18/h17-19H,2-16H2,1H3. The maximum absolute atomic E-state index is 9.13. The van der Waals surface area contributed by atoms with Gasteiger partial charge in [0.25, 0.3) is 0 Å². The van der Waals surface area contributed by atoms with Crippen LogP contribution in [0.5, 0.6) is 0 Å². The lowest BCUT2D eigenvalue weighted by Crippen LogP contribution is -1.98. The highest BCUT2D eigenvalue weighted by molar-refractivity contribution is 4.51. The lowest BCUT2D eigenvalue weighted by atomic mass is 10.0. The molecule has 0 aliphatic carbocycles. The molecular formula is C17H36O2. The van der Waals surface area contributed by atoms with Crippen molar-refractivity contribution >= 4 is 0 Å². The number of aliphatic hydroxyl groups is 2. The molecule has 0 aliphatic rings. The van der Waals surface area contributed by atoms with Crippen molar-refractivity contribution in [2.24, 2.45) is 0 Å². The van der Waals surface area contributed by atoms with Crippen LogP contribution in [0.4, 0.5) is 0 Å². The Bertz CT molecular complexity index is 157. The van der Waals surface area contributed by atoms with E-state index in [1.165, 1.54) is 77.0 Å². The van der Waals surface area contributed by atoms with E-state index in [1.807, 2.05) is 6.92 Å². The lowest BCUT2D eigenvalue weighted by molar-refractivity contribution is 0.180. The molecule has 0 aromatic heterocycles. The fourth-order valence-corrected chi connectivity index (χ4v) is 2.50. The zero-order valence-corrected chi connectivity index (χ0v) is 13.1. The van der Waals surface area contributed by atoms with Crippen LogP contribution in [-0.4, -0.2) is 22.9 Å². The lowest BCUT2D eigenvalue weighted by Gasteiger charge is -2.04. The molecule has 2 heteroatoms. The average molecular weight is 272 g/mol. The van der Waals surface area contributed by atoms with Crippen molar-refractivity contribution in [3.05, 3.63) is 0 Å². The van der Waals surface area contributed by atoms with Crippen LogP contribution >= 0.6 is 0 Å². The van der Waals surface area contributed by atoms with Gasteiger partial charge in [-0.1, -0.05) is 77.0 Å². The average Bonchev–Trinajstić information content (AvgIpc) is 2.39. The van der Waals surface area contributed by atoms with Crippen LogP contribution in [0.1, 0.15) is 96.8 Å². The quantitative estimate of drug-likeness (QED) is 0.420. The minimum absolute atomic E-state index is 0.114. The minimum atomic E-state index is -0.114. The van der Waals surface area contributed by atoms with E-state index in [-0.39, 0.29) is 6.10 Å². The molecule has 0 aromatic carbocycles. The first-order chi connectivity index (χ1) is 9.27. The summed E-state index contributed by atoms with van der Waals surface area (Å²) >= 11 is 0. The monoisotopic (exact) mass is 272 g/mol. The fourth-order valence-electron chi connectivity index (χ4n) is 2.50. The first-order valence-corrected chi connectivity index (χ1v) is 8.56. The highest BCUT2D eigenvalue weighted by atomic mass is 16.3. The number of aliphatic hydroxyl groups excluding tert-OH is 2. The van der Waals surface area contributed by atoms with Gasteiger partial charge in [-0.15, -0.1) is 0 Å². The zero-order valence-electron chi connectivity index (χ0n) is 13.1. The molecule has 0 fully saturated rings. The summed E-state index contributed by atoms with van der Waals surface area (Å²) in [7, 11) is 0. The molecule has 0 aromatic rings. The van der Waals surface area contributed by atoms with E-state index < -0.39 is 0 Å². The summed E-state index contributed by atoms with van der Waals surface area (Å²) in [6.07, 6.45) is 17.8. The van der Waals surface area contributed by atoms with Gasteiger partial charge >= 0.3 is 0 Å². The Hall–Kier alpha value is -0.0800. The normalized spacial score (nSPS) is 12.8. The smallest absolute Gasteiger partial charge is 0.0512 e. The number of hydrogen-bond acceptors (Lipinski definition) is 2. The van der Waals surface area contributed by atoms with Gasteiger partial charge in [-0.05, 0) is 19.8 Å². The van der Waals surface area contributed by atoms with Crippen LogP contribution in [-0.2, 0) is 0 Å². The Kier molecular flexibility index (Phi) is 15.9. The first-order valence-electron chi connectivity index (χ1n) is 8.56. The molecule has 0 spiro atoms. The number of hydrogen-bond donors (Lipinski definition) is 2. The van der Waals surface area contributed by atoms with Crippen molar-refractivity contribution in [3.63, 3.8) is 0 Å². The molecule has 2 N–H and O–H groups in total. The zero-order chi connectivity index (χ0) is 14.2. The maximum atomic E-state index is 9.13. The molecule has 0 rings (SSSR count). The van der Waals surface area contributed by atoms with Gasteiger partial charge in [-0.25, -0.2) is 0 Å². The third kappa shape index (κ3) is 17.9. The molecule has 1 atom stereocenters. The molecule has 0 saturated carbocycles. The first kappa shape index (κ1) is 18.9. The Morgan fingerprint density at radius 3 is 1.21 bits per heavy atom. The molecule has 0 bridgehead atoms. The van der Waals surface area contributed by atoms with Crippen molar-refractivity contribution in [2.75, 3.05) is 6.61 Å². The second-order valence-corrected chi connectivity index (χ2v) is 5.96. The van der Waals surface area contributed by atoms with Crippen LogP contribution < -0.4 is 0 Å². The highest BCUT2D eigenvalue weighted by Gasteiger charge is 1.96. The molecule has 19 heavy (non-hydrogen) atoms. The van der Waals surface area contributed by atoms with Gasteiger partial charge in [0.05, 0.1) is 6.10 Å². The number of unbranched alkanes of at least 4 members (excludes halogenated alkanes) is 12. The molecule has 0 aliphatic heterocycles. The van der Waals surface area contributed by atoms with Gasteiger partial charge in [0.2, 0.25) is 0 Å². The minimum Gasteiger partial charge on any atom is -0.396 e. The predicted octanol–water partition coefficient (Wildman–Crippen LogP) is 4.82. The van der Waals surface area contributed by atoms with Crippen molar-refractivity contribution in [1.82, 2.24) is 0 Å². The van der Waals surface area contributed by atoms with Crippen molar-refractivity contribution in [1.29, 1.82) is 0 Å². The third-order valence-electron chi connectivity index (χ3n) is 3.78. The van der Waals surface area contributed by atoms with E-state index in [4.69, 9.17) is 10.2 Å². The molecule has 116 valence electrons. The summed E-state index contributed by atoms with van der Waals surface area (Å²) in [5.74, 6) is 0. The predicted molar refractivity (Wildman–Crippen MR) is 83.4 cm³/mol. The summed E-state index contributed by atoms with van der Waals surface area (Å²) < 4.78 is 0. The third-order valence-corrected chi connectivity index (χ3v) is 3.78. The molecule has 0 radical (unpaired) electrons. The van der Waals surface area contributed by atoms with E-state index >= 15 is 0 Å². The Labute approximate surface area is 120 Å². The fraction of sp³-hybridized carbons (Fsp3) is 1.00. The molecule has 2 nitrogen and oxygen atoms in total. The Balaban J connectivity index is 2.91. The molecular weight excluding hydrogens is 236 g/mol. The molecule has 0 heterocycles. The maximum Gasteiger partial charge on any atom is 0.0512 e. The summed E-state index contributed by atoms with van der Waals surface area (Å²) in [5, 5.41) is 17.8. The molecule has 0 saturated heterocycles.